The summed E-state index contributed by atoms with van der Waals surface area (Å²) in [5, 5.41) is 6.36. The van der Waals surface area contributed by atoms with E-state index in [0.717, 1.165) is 21.9 Å². The van der Waals surface area contributed by atoms with Gasteiger partial charge in [-0.15, -0.1) is 11.3 Å². The molecule has 0 spiro atoms. The molecule has 0 radical (unpaired) electrons. The summed E-state index contributed by atoms with van der Waals surface area (Å²) in [5.41, 5.74) is 1.24. The van der Waals surface area contributed by atoms with Crippen molar-refractivity contribution in [1.29, 1.82) is 0 Å². The van der Waals surface area contributed by atoms with Crippen LogP contribution in [0.4, 0.5) is 5.82 Å². The maximum absolute atomic E-state index is 4.37. The number of hydrogen-bond donors (Lipinski definition) is 1. The van der Waals surface area contributed by atoms with Crippen molar-refractivity contribution in [2.24, 2.45) is 0 Å². The van der Waals surface area contributed by atoms with Gasteiger partial charge in [-0.1, -0.05) is 0 Å². The van der Waals surface area contributed by atoms with Crippen LogP contribution in [0.1, 0.15) is 11.4 Å². The highest BCUT2D eigenvalue weighted by atomic mass is 32.1. The van der Waals surface area contributed by atoms with Crippen LogP contribution in [0.15, 0.2) is 5.38 Å². The van der Waals surface area contributed by atoms with Crippen LogP contribution >= 0.6 is 11.3 Å². The minimum absolute atomic E-state index is 0.818. The Bertz CT molecular complexity index is 447. The molecular weight excluding hydrogens is 182 g/mol. The fourth-order valence-corrected chi connectivity index (χ4v) is 2.34. The zero-order valence-electron chi connectivity index (χ0n) is 7.88. The number of nitrogens with zero attached hydrogens (tertiary/aromatic N) is 2. The van der Waals surface area contributed by atoms with Gasteiger partial charge in [-0.05, 0) is 24.8 Å². The third kappa shape index (κ3) is 1.27. The molecule has 2 heterocycles. The van der Waals surface area contributed by atoms with Gasteiger partial charge in [-0.2, -0.15) is 0 Å². The summed E-state index contributed by atoms with van der Waals surface area (Å²) in [5.74, 6) is 1.75. The van der Waals surface area contributed by atoms with Crippen molar-refractivity contribution in [3.8, 4) is 0 Å². The lowest BCUT2D eigenvalue weighted by Gasteiger charge is -2.02. The summed E-state index contributed by atoms with van der Waals surface area (Å²) in [4.78, 5) is 9.77. The quantitative estimate of drug-likeness (QED) is 0.755. The first-order chi connectivity index (χ1) is 6.22. The summed E-state index contributed by atoms with van der Waals surface area (Å²) in [6, 6.07) is 0. The molecule has 2 aromatic rings. The first-order valence-corrected chi connectivity index (χ1v) is 5.00. The van der Waals surface area contributed by atoms with Crippen LogP contribution in [0, 0.1) is 13.8 Å². The van der Waals surface area contributed by atoms with Gasteiger partial charge in [0.1, 0.15) is 16.5 Å². The standard InChI is InChI=1S/C9H11N3S/c1-5-4-13-9-7(5)8(10-3)11-6(2)12-9/h4H,1-3H3,(H,10,11,12). The van der Waals surface area contributed by atoms with Crippen molar-refractivity contribution >= 4 is 27.4 Å². The molecule has 2 rings (SSSR count). The molecule has 1 N–H and O–H groups in total. The molecule has 0 saturated carbocycles. The summed E-state index contributed by atoms with van der Waals surface area (Å²) >= 11 is 1.67. The predicted octanol–water partition coefficient (Wildman–Crippen LogP) is 2.35. The van der Waals surface area contributed by atoms with Crippen LogP contribution < -0.4 is 5.32 Å². The van der Waals surface area contributed by atoms with Gasteiger partial charge in [0.25, 0.3) is 0 Å². The largest absolute Gasteiger partial charge is 0.372 e. The van der Waals surface area contributed by atoms with Crippen LogP contribution in [0.2, 0.25) is 0 Å². The number of aryl methyl sites for hydroxylation is 2. The van der Waals surface area contributed by atoms with Gasteiger partial charge < -0.3 is 5.32 Å². The fraction of sp³-hybridized carbons (Fsp3) is 0.333. The smallest absolute Gasteiger partial charge is 0.138 e. The molecule has 3 nitrogen and oxygen atoms in total. The second kappa shape index (κ2) is 2.96. The van der Waals surface area contributed by atoms with Gasteiger partial charge >= 0.3 is 0 Å². The topological polar surface area (TPSA) is 37.8 Å². The average molecular weight is 193 g/mol. The van der Waals surface area contributed by atoms with Crippen molar-refractivity contribution < 1.29 is 0 Å². The molecule has 0 aliphatic rings. The Hall–Kier alpha value is -1.16. The van der Waals surface area contributed by atoms with E-state index in [4.69, 9.17) is 0 Å². The zero-order valence-corrected chi connectivity index (χ0v) is 8.70. The molecule has 0 fully saturated rings. The monoisotopic (exact) mass is 193 g/mol. The third-order valence-electron chi connectivity index (χ3n) is 1.97. The maximum atomic E-state index is 4.37. The van der Waals surface area contributed by atoms with Crippen molar-refractivity contribution in [3.63, 3.8) is 0 Å². The lowest BCUT2D eigenvalue weighted by atomic mass is 10.2. The van der Waals surface area contributed by atoms with Gasteiger partial charge in [0, 0.05) is 7.05 Å². The minimum atomic E-state index is 0.818. The number of nitrogens with one attached hydrogen (secondary N) is 1. The Morgan fingerprint density at radius 1 is 1.31 bits per heavy atom. The minimum Gasteiger partial charge on any atom is -0.372 e. The van der Waals surface area contributed by atoms with Crippen LogP contribution in [0.5, 0.6) is 0 Å². The number of anilines is 1. The zero-order chi connectivity index (χ0) is 9.42. The number of thiophene rings is 1. The maximum Gasteiger partial charge on any atom is 0.138 e. The van der Waals surface area contributed by atoms with Crippen LogP contribution in [0.3, 0.4) is 0 Å². The Kier molecular flexibility index (Phi) is 1.92. The lowest BCUT2D eigenvalue weighted by molar-refractivity contribution is 1.09. The highest BCUT2D eigenvalue weighted by molar-refractivity contribution is 7.17. The van der Waals surface area contributed by atoms with Crippen molar-refractivity contribution in [1.82, 2.24) is 9.97 Å². The van der Waals surface area contributed by atoms with Gasteiger partial charge in [-0.25, -0.2) is 9.97 Å². The van der Waals surface area contributed by atoms with Crippen LogP contribution in [0.25, 0.3) is 10.2 Å². The van der Waals surface area contributed by atoms with Crippen molar-refractivity contribution in [2.75, 3.05) is 12.4 Å². The Balaban J connectivity index is 2.85. The van der Waals surface area contributed by atoms with Gasteiger partial charge in [0.05, 0.1) is 5.39 Å². The highest BCUT2D eigenvalue weighted by Gasteiger charge is 2.08. The summed E-state index contributed by atoms with van der Waals surface area (Å²) < 4.78 is 0. The second-order valence-corrected chi connectivity index (χ2v) is 3.83. The Labute approximate surface area is 80.8 Å². The molecule has 0 bridgehead atoms. The normalized spacial score (nSPS) is 10.7. The first kappa shape index (κ1) is 8.44. The molecule has 0 amide bonds. The van der Waals surface area contributed by atoms with E-state index in [1.54, 1.807) is 11.3 Å². The molecular formula is C9H11N3S. The van der Waals surface area contributed by atoms with E-state index in [1.165, 1.54) is 5.56 Å². The Morgan fingerprint density at radius 2 is 2.08 bits per heavy atom. The SMILES string of the molecule is CNc1nc(C)nc2scc(C)c12. The molecule has 0 atom stereocenters. The molecule has 68 valence electrons. The van der Waals surface area contributed by atoms with E-state index < -0.39 is 0 Å². The molecule has 0 aliphatic carbocycles. The first-order valence-electron chi connectivity index (χ1n) is 4.12. The van der Waals surface area contributed by atoms with Crippen molar-refractivity contribution in [2.45, 2.75) is 13.8 Å². The van der Waals surface area contributed by atoms with E-state index in [9.17, 15) is 0 Å². The lowest BCUT2D eigenvalue weighted by Crippen LogP contribution is -1.97. The van der Waals surface area contributed by atoms with Gasteiger partial charge in [0.15, 0.2) is 0 Å². The molecule has 0 saturated heterocycles. The van der Waals surface area contributed by atoms with E-state index in [-0.39, 0.29) is 0 Å². The number of rotatable bonds is 1. The predicted molar refractivity (Wildman–Crippen MR) is 56.4 cm³/mol. The van der Waals surface area contributed by atoms with E-state index in [0.29, 0.717) is 0 Å². The third-order valence-corrected chi connectivity index (χ3v) is 2.96. The van der Waals surface area contributed by atoms with Crippen molar-refractivity contribution in [3.05, 3.63) is 16.8 Å². The summed E-state index contributed by atoms with van der Waals surface area (Å²) in [7, 11) is 1.89. The molecule has 4 heteroatoms. The average Bonchev–Trinajstić information content (AvgIpc) is 2.46. The molecule has 0 aromatic carbocycles. The fourth-order valence-electron chi connectivity index (χ4n) is 1.37. The highest BCUT2D eigenvalue weighted by Crippen LogP contribution is 2.28. The molecule has 2 aromatic heterocycles. The molecule has 0 unspecified atom stereocenters. The summed E-state index contributed by atoms with van der Waals surface area (Å²) in [6.07, 6.45) is 0. The summed E-state index contributed by atoms with van der Waals surface area (Å²) in [6.45, 7) is 3.99. The van der Waals surface area contributed by atoms with Crippen LogP contribution in [-0.2, 0) is 0 Å². The number of hydrogen-bond acceptors (Lipinski definition) is 4. The van der Waals surface area contributed by atoms with E-state index in [1.807, 2.05) is 14.0 Å². The molecule has 0 aliphatic heterocycles. The van der Waals surface area contributed by atoms with E-state index >= 15 is 0 Å². The molecule has 13 heavy (non-hydrogen) atoms. The second-order valence-electron chi connectivity index (χ2n) is 2.97. The number of fused-ring (bicyclic) bond motifs is 1. The van der Waals surface area contributed by atoms with Crippen LogP contribution in [-0.4, -0.2) is 17.0 Å². The van der Waals surface area contributed by atoms with E-state index in [2.05, 4.69) is 27.6 Å². The number of aromatic nitrogens is 2. The Morgan fingerprint density at radius 3 is 2.77 bits per heavy atom. The van der Waals surface area contributed by atoms with Gasteiger partial charge in [0.2, 0.25) is 0 Å². The van der Waals surface area contributed by atoms with Gasteiger partial charge in [-0.3, -0.25) is 0 Å².